The van der Waals surface area contributed by atoms with E-state index < -0.39 is 0 Å². The van der Waals surface area contributed by atoms with Crippen LogP contribution in [-0.4, -0.2) is 46.5 Å². The zero-order chi connectivity index (χ0) is 14.7. The highest BCUT2D eigenvalue weighted by atomic mass is 16.2. The SMILES string of the molecule is Cc1cnc(C(=O)NCC2CCN(C3CCCCC3)C2)[nH]1. The molecule has 1 amide bonds. The van der Waals surface area contributed by atoms with E-state index in [0.717, 1.165) is 24.8 Å². The Labute approximate surface area is 126 Å². The van der Waals surface area contributed by atoms with E-state index in [1.807, 2.05) is 6.92 Å². The van der Waals surface area contributed by atoms with Gasteiger partial charge in [0.05, 0.1) is 0 Å². The van der Waals surface area contributed by atoms with Crippen LogP contribution in [0.4, 0.5) is 0 Å². The first-order chi connectivity index (χ1) is 10.2. The molecule has 5 heteroatoms. The lowest BCUT2D eigenvalue weighted by atomic mass is 9.94. The molecule has 2 fully saturated rings. The van der Waals surface area contributed by atoms with Crippen molar-refractivity contribution in [3.8, 4) is 0 Å². The van der Waals surface area contributed by atoms with Gasteiger partial charge in [-0.3, -0.25) is 4.79 Å². The average Bonchev–Trinajstić information content (AvgIpc) is 3.15. The highest BCUT2D eigenvalue weighted by Crippen LogP contribution is 2.27. The van der Waals surface area contributed by atoms with Gasteiger partial charge in [-0.1, -0.05) is 19.3 Å². The van der Waals surface area contributed by atoms with Gasteiger partial charge in [-0.2, -0.15) is 0 Å². The van der Waals surface area contributed by atoms with Crippen molar-refractivity contribution in [2.75, 3.05) is 19.6 Å². The van der Waals surface area contributed by atoms with E-state index in [1.165, 1.54) is 45.1 Å². The van der Waals surface area contributed by atoms with Crippen molar-refractivity contribution < 1.29 is 4.79 Å². The Morgan fingerprint density at radius 2 is 2.19 bits per heavy atom. The lowest BCUT2D eigenvalue weighted by molar-refractivity contribution is 0.0937. The van der Waals surface area contributed by atoms with Crippen LogP contribution in [-0.2, 0) is 0 Å². The maximum absolute atomic E-state index is 12.0. The van der Waals surface area contributed by atoms with Crippen LogP contribution in [0.25, 0.3) is 0 Å². The van der Waals surface area contributed by atoms with Gasteiger partial charge >= 0.3 is 0 Å². The molecule has 1 atom stereocenters. The molecule has 5 nitrogen and oxygen atoms in total. The number of amides is 1. The molecule has 21 heavy (non-hydrogen) atoms. The minimum absolute atomic E-state index is 0.0841. The fraction of sp³-hybridized carbons (Fsp3) is 0.750. The van der Waals surface area contributed by atoms with Gasteiger partial charge in [-0.05, 0) is 38.6 Å². The Morgan fingerprint density at radius 3 is 2.90 bits per heavy atom. The zero-order valence-electron chi connectivity index (χ0n) is 12.9. The molecule has 2 N–H and O–H groups in total. The summed E-state index contributed by atoms with van der Waals surface area (Å²) in [6.07, 6.45) is 9.81. The van der Waals surface area contributed by atoms with Gasteiger partial charge in [0.15, 0.2) is 5.82 Å². The van der Waals surface area contributed by atoms with Gasteiger partial charge in [0, 0.05) is 31.0 Å². The number of hydrogen-bond donors (Lipinski definition) is 2. The number of aryl methyl sites for hydroxylation is 1. The molecule has 1 saturated carbocycles. The van der Waals surface area contributed by atoms with E-state index in [-0.39, 0.29) is 5.91 Å². The summed E-state index contributed by atoms with van der Waals surface area (Å²) < 4.78 is 0. The van der Waals surface area contributed by atoms with Crippen molar-refractivity contribution >= 4 is 5.91 Å². The first kappa shape index (κ1) is 14.6. The topological polar surface area (TPSA) is 61.0 Å². The maximum atomic E-state index is 12.0. The molecule has 0 aromatic carbocycles. The molecular formula is C16H26N4O. The van der Waals surface area contributed by atoms with Crippen molar-refractivity contribution in [1.82, 2.24) is 20.2 Å². The summed E-state index contributed by atoms with van der Waals surface area (Å²) in [5, 5.41) is 3.02. The summed E-state index contributed by atoms with van der Waals surface area (Å²) in [5.41, 5.74) is 0.921. The van der Waals surface area contributed by atoms with Crippen LogP contribution in [0.15, 0.2) is 6.20 Å². The summed E-state index contributed by atoms with van der Waals surface area (Å²) in [5.74, 6) is 0.931. The Morgan fingerprint density at radius 1 is 1.38 bits per heavy atom. The predicted molar refractivity (Wildman–Crippen MR) is 82.2 cm³/mol. The second-order valence-electron chi connectivity index (χ2n) is 6.57. The molecule has 1 aliphatic carbocycles. The first-order valence-corrected chi connectivity index (χ1v) is 8.26. The maximum Gasteiger partial charge on any atom is 0.287 e. The second-order valence-corrected chi connectivity index (χ2v) is 6.57. The van der Waals surface area contributed by atoms with Crippen molar-refractivity contribution in [2.45, 2.75) is 51.5 Å². The standard InChI is InChI=1S/C16H26N4O/c1-12-9-17-15(19-12)16(21)18-10-13-7-8-20(11-13)14-5-3-2-4-6-14/h9,13-14H,2-8,10-11H2,1H3,(H,17,19)(H,18,21). The molecule has 116 valence electrons. The lowest BCUT2D eigenvalue weighted by Gasteiger charge is -2.31. The summed E-state index contributed by atoms with van der Waals surface area (Å²) in [7, 11) is 0. The number of H-pyrrole nitrogens is 1. The van der Waals surface area contributed by atoms with Crippen molar-refractivity contribution in [3.05, 3.63) is 17.7 Å². The molecule has 0 bridgehead atoms. The second kappa shape index (κ2) is 6.60. The van der Waals surface area contributed by atoms with Gasteiger partial charge in [-0.25, -0.2) is 4.98 Å². The van der Waals surface area contributed by atoms with Crippen LogP contribution in [0, 0.1) is 12.8 Å². The van der Waals surface area contributed by atoms with E-state index in [4.69, 9.17) is 0 Å². The number of nitrogens with zero attached hydrogens (tertiary/aromatic N) is 2. The molecule has 0 radical (unpaired) electrons. The summed E-state index contributed by atoms with van der Waals surface area (Å²) in [6.45, 7) is 5.01. The van der Waals surface area contributed by atoms with Gasteiger partial charge < -0.3 is 15.2 Å². The molecule has 3 rings (SSSR count). The number of carbonyl (C=O) groups excluding carboxylic acids is 1. The summed E-state index contributed by atoms with van der Waals surface area (Å²) >= 11 is 0. The smallest absolute Gasteiger partial charge is 0.287 e. The van der Waals surface area contributed by atoms with Gasteiger partial charge in [0.2, 0.25) is 0 Å². The number of nitrogens with one attached hydrogen (secondary N) is 2. The Hall–Kier alpha value is -1.36. The third-order valence-electron chi connectivity index (χ3n) is 4.88. The normalized spacial score (nSPS) is 24.3. The molecule has 1 aliphatic heterocycles. The number of aromatic nitrogens is 2. The largest absolute Gasteiger partial charge is 0.349 e. The third-order valence-corrected chi connectivity index (χ3v) is 4.88. The zero-order valence-corrected chi connectivity index (χ0v) is 12.9. The predicted octanol–water partition coefficient (Wildman–Crippen LogP) is 2.10. The molecule has 0 spiro atoms. The van der Waals surface area contributed by atoms with Crippen molar-refractivity contribution in [3.63, 3.8) is 0 Å². The van der Waals surface area contributed by atoms with Crippen LogP contribution < -0.4 is 5.32 Å². The van der Waals surface area contributed by atoms with E-state index >= 15 is 0 Å². The van der Waals surface area contributed by atoms with Crippen molar-refractivity contribution in [1.29, 1.82) is 0 Å². The van der Waals surface area contributed by atoms with Crippen LogP contribution in [0.2, 0.25) is 0 Å². The van der Waals surface area contributed by atoms with Crippen LogP contribution >= 0.6 is 0 Å². The van der Waals surface area contributed by atoms with E-state index in [2.05, 4.69) is 20.2 Å². The van der Waals surface area contributed by atoms with E-state index in [1.54, 1.807) is 6.20 Å². The molecule has 2 aliphatic rings. The molecular weight excluding hydrogens is 264 g/mol. The van der Waals surface area contributed by atoms with Crippen LogP contribution in [0.5, 0.6) is 0 Å². The molecule has 1 unspecified atom stereocenters. The molecule has 1 saturated heterocycles. The van der Waals surface area contributed by atoms with Gasteiger partial charge in [0.1, 0.15) is 0 Å². The van der Waals surface area contributed by atoms with Gasteiger partial charge in [-0.15, -0.1) is 0 Å². The minimum atomic E-state index is -0.0841. The number of hydrogen-bond acceptors (Lipinski definition) is 3. The minimum Gasteiger partial charge on any atom is -0.349 e. The fourth-order valence-electron chi connectivity index (χ4n) is 3.66. The average molecular weight is 290 g/mol. The lowest BCUT2D eigenvalue weighted by Crippen LogP contribution is -2.36. The molecule has 1 aromatic heterocycles. The fourth-order valence-corrected chi connectivity index (χ4v) is 3.66. The number of likely N-dealkylation sites (tertiary alicyclic amines) is 1. The Kier molecular flexibility index (Phi) is 4.58. The first-order valence-electron chi connectivity index (χ1n) is 8.26. The summed E-state index contributed by atoms with van der Waals surface area (Å²) in [4.78, 5) is 21.7. The Balaban J connectivity index is 1.43. The van der Waals surface area contributed by atoms with E-state index in [0.29, 0.717) is 11.7 Å². The van der Waals surface area contributed by atoms with Crippen LogP contribution in [0.3, 0.4) is 0 Å². The Bertz CT molecular complexity index is 478. The third kappa shape index (κ3) is 3.64. The number of aromatic amines is 1. The number of rotatable bonds is 4. The highest BCUT2D eigenvalue weighted by molar-refractivity contribution is 5.90. The van der Waals surface area contributed by atoms with Crippen molar-refractivity contribution in [2.24, 2.45) is 5.92 Å². The number of imidazole rings is 1. The number of carbonyl (C=O) groups is 1. The molecule has 1 aromatic rings. The van der Waals surface area contributed by atoms with Crippen LogP contribution in [0.1, 0.15) is 54.8 Å². The monoisotopic (exact) mass is 290 g/mol. The van der Waals surface area contributed by atoms with Gasteiger partial charge in [0.25, 0.3) is 5.91 Å². The highest BCUT2D eigenvalue weighted by Gasteiger charge is 2.29. The summed E-state index contributed by atoms with van der Waals surface area (Å²) in [6, 6.07) is 0.798. The van der Waals surface area contributed by atoms with E-state index in [9.17, 15) is 4.79 Å². The molecule has 2 heterocycles. The quantitative estimate of drug-likeness (QED) is 0.892.